The van der Waals surface area contributed by atoms with E-state index >= 15 is 0 Å². The molecule has 0 saturated carbocycles. The summed E-state index contributed by atoms with van der Waals surface area (Å²) in [5.74, 6) is -1.59. The average Bonchev–Trinajstić information content (AvgIpc) is 2.83. The van der Waals surface area contributed by atoms with Gasteiger partial charge in [0.05, 0.1) is 18.7 Å². The summed E-state index contributed by atoms with van der Waals surface area (Å²) in [6, 6.07) is 13.5. The van der Waals surface area contributed by atoms with Crippen LogP contribution >= 0.6 is 0 Å². The number of amides is 1. The van der Waals surface area contributed by atoms with Crippen LogP contribution in [0.2, 0.25) is 0 Å². The number of halogens is 3. The van der Waals surface area contributed by atoms with Gasteiger partial charge in [0.25, 0.3) is 0 Å². The topological polar surface area (TPSA) is 99.5 Å². The number of carbonyl (C=O) groups is 1. The van der Waals surface area contributed by atoms with Crippen LogP contribution in [0.1, 0.15) is 35.4 Å². The van der Waals surface area contributed by atoms with Crippen molar-refractivity contribution >= 4 is 15.9 Å². The number of methoxy groups -OCH3 is 1. The molecule has 182 valence electrons. The van der Waals surface area contributed by atoms with Crippen molar-refractivity contribution < 1.29 is 31.1 Å². The molecule has 11 heteroatoms. The van der Waals surface area contributed by atoms with Crippen molar-refractivity contribution in [3.8, 4) is 11.8 Å². The zero-order chi connectivity index (χ0) is 24.9. The third kappa shape index (κ3) is 6.07. The summed E-state index contributed by atoms with van der Waals surface area (Å²) in [4.78, 5) is 12.1. The quantitative estimate of drug-likeness (QED) is 0.635. The lowest BCUT2D eigenvalue weighted by atomic mass is 9.89. The molecule has 0 spiro atoms. The monoisotopic (exact) mass is 495 g/mol. The Morgan fingerprint density at radius 3 is 2.38 bits per heavy atom. The highest BCUT2D eigenvalue weighted by atomic mass is 32.2. The van der Waals surface area contributed by atoms with E-state index in [1.165, 1.54) is 25.3 Å². The molecule has 34 heavy (non-hydrogen) atoms. The number of nitrogens with zero attached hydrogens (tertiary/aromatic N) is 2. The van der Waals surface area contributed by atoms with Gasteiger partial charge in [0, 0.05) is 19.6 Å². The molecule has 0 unspecified atom stereocenters. The highest BCUT2D eigenvalue weighted by Gasteiger charge is 2.43. The number of likely N-dealkylation sites (tertiary alicyclic amines) is 1. The molecule has 1 amide bonds. The van der Waals surface area contributed by atoms with Gasteiger partial charge in [-0.1, -0.05) is 24.3 Å². The van der Waals surface area contributed by atoms with Crippen LogP contribution in [0.4, 0.5) is 13.2 Å². The second-order valence-electron chi connectivity index (χ2n) is 7.93. The van der Waals surface area contributed by atoms with E-state index in [9.17, 15) is 26.4 Å². The molecule has 1 aliphatic rings. The minimum Gasteiger partial charge on any atom is -0.495 e. The number of nitrogens with one attached hydrogen (secondary N) is 1. The van der Waals surface area contributed by atoms with Crippen LogP contribution in [0, 0.1) is 11.3 Å². The molecule has 0 atom stereocenters. The molecule has 0 radical (unpaired) electrons. The van der Waals surface area contributed by atoms with Gasteiger partial charge < -0.3 is 9.64 Å². The Morgan fingerprint density at radius 1 is 1.18 bits per heavy atom. The first-order chi connectivity index (χ1) is 16.0. The molecular formula is C23H24F3N3O4S. The maximum Gasteiger partial charge on any atom is 0.471 e. The Hall–Kier alpha value is -3.10. The summed E-state index contributed by atoms with van der Waals surface area (Å²) in [5, 5.41) is 9.03. The van der Waals surface area contributed by atoms with Crippen molar-refractivity contribution in [3.63, 3.8) is 0 Å². The Balaban J connectivity index is 1.55. The van der Waals surface area contributed by atoms with Gasteiger partial charge in [0.1, 0.15) is 10.6 Å². The summed E-state index contributed by atoms with van der Waals surface area (Å²) in [5.41, 5.74) is 2.06. The lowest BCUT2D eigenvalue weighted by Crippen LogP contribution is -2.45. The number of rotatable bonds is 7. The predicted molar refractivity (Wildman–Crippen MR) is 118 cm³/mol. The number of carbonyl (C=O) groups excluding carboxylic acids is 1. The summed E-state index contributed by atoms with van der Waals surface area (Å²) >= 11 is 0. The summed E-state index contributed by atoms with van der Waals surface area (Å²) < 4.78 is 70.7. The molecule has 1 heterocycles. The van der Waals surface area contributed by atoms with Crippen LogP contribution < -0.4 is 9.46 Å². The van der Waals surface area contributed by atoms with Gasteiger partial charge in [0.2, 0.25) is 10.0 Å². The number of sulfonamides is 1. The third-order valence-electron chi connectivity index (χ3n) is 5.76. The van der Waals surface area contributed by atoms with Crippen molar-refractivity contribution in [1.82, 2.24) is 9.62 Å². The number of hydrogen-bond acceptors (Lipinski definition) is 5. The van der Waals surface area contributed by atoms with Gasteiger partial charge in [0.15, 0.2) is 0 Å². The number of ether oxygens (including phenoxy) is 1. The fraction of sp³-hybridized carbons (Fsp3) is 0.391. The van der Waals surface area contributed by atoms with Crippen LogP contribution in [-0.4, -0.2) is 52.1 Å². The van der Waals surface area contributed by atoms with E-state index < -0.39 is 22.1 Å². The molecule has 0 bridgehead atoms. The lowest BCUT2D eigenvalue weighted by Gasteiger charge is -2.32. The standard InChI is InChI=1S/C23H24F3N3O4S/c1-33-20-7-4-17(15-27)14-21(20)34(31,32)28-11-8-16-2-5-18(6-3-16)19-9-12-29(13-10-19)22(30)23(24,25)26/h2-7,14,19,28H,8-13H2,1H3. The minimum atomic E-state index is -4.85. The predicted octanol–water partition coefficient (Wildman–Crippen LogP) is 3.36. The SMILES string of the molecule is COc1ccc(C#N)cc1S(=O)(=O)NCCc1ccc(C2CCN(C(=O)C(F)(F)F)CC2)cc1. The van der Waals surface area contributed by atoms with E-state index in [4.69, 9.17) is 10.00 Å². The van der Waals surface area contributed by atoms with Crippen LogP contribution in [0.3, 0.4) is 0 Å². The summed E-state index contributed by atoms with van der Waals surface area (Å²) in [6.45, 7) is 0.242. The van der Waals surface area contributed by atoms with Crippen LogP contribution in [0.15, 0.2) is 47.4 Å². The summed E-state index contributed by atoms with van der Waals surface area (Å²) in [7, 11) is -2.55. The zero-order valence-electron chi connectivity index (χ0n) is 18.4. The van der Waals surface area contributed by atoms with Crippen LogP contribution in [0.25, 0.3) is 0 Å². The van der Waals surface area contributed by atoms with Crippen LogP contribution in [0.5, 0.6) is 5.75 Å². The van der Waals surface area contributed by atoms with Crippen molar-refractivity contribution in [1.29, 1.82) is 5.26 Å². The van der Waals surface area contributed by atoms with E-state index in [1.807, 2.05) is 30.3 Å². The van der Waals surface area contributed by atoms with Crippen molar-refractivity contribution in [2.75, 3.05) is 26.7 Å². The lowest BCUT2D eigenvalue weighted by molar-refractivity contribution is -0.186. The van der Waals surface area contributed by atoms with E-state index in [0.717, 1.165) is 16.0 Å². The Morgan fingerprint density at radius 2 is 1.82 bits per heavy atom. The van der Waals surface area contributed by atoms with Gasteiger partial charge in [-0.3, -0.25) is 4.79 Å². The molecule has 2 aromatic carbocycles. The maximum atomic E-state index is 12.7. The van der Waals surface area contributed by atoms with Gasteiger partial charge in [-0.05, 0) is 54.5 Å². The van der Waals surface area contributed by atoms with E-state index in [-0.39, 0.29) is 41.8 Å². The molecule has 3 rings (SSSR count). The number of nitriles is 1. The van der Waals surface area contributed by atoms with E-state index in [1.54, 1.807) is 0 Å². The molecule has 1 saturated heterocycles. The first kappa shape index (κ1) is 25.5. The van der Waals surface area contributed by atoms with Gasteiger partial charge in [-0.15, -0.1) is 0 Å². The van der Waals surface area contributed by atoms with Crippen molar-refractivity contribution in [2.24, 2.45) is 0 Å². The van der Waals surface area contributed by atoms with Gasteiger partial charge in [-0.2, -0.15) is 18.4 Å². The molecule has 0 aliphatic carbocycles. The Kier molecular flexibility index (Phi) is 7.84. The van der Waals surface area contributed by atoms with Crippen molar-refractivity contribution in [3.05, 3.63) is 59.2 Å². The smallest absolute Gasteiger partial charge is 0.471 e. The Labute approximate surface area is 196 Å². The fourth-order valence-corrected chi connectivity index (χ4v) is 5.14. The number of hydrogen-bond donors (Lipinski definition) is 1. The summed E-state index contributed by atoms with van der Waals surface area (Å²) in [6.07, 6.45) is -3.53. The molecular weight excluding hydrogens is 471 g/mol. The largest absolute Gasteiger partial charge is 0.495 e. The number of benzene rings is 2. The molecule has 1 fully saturated rings. The zero-order valence-corrected chi connectivity index (χ0v) is 19.2. The van der Waals surface area contributed by atoms with Gasteiger partial charge >= 0.3 is 12.1 Å². The molecule has 2 aromatic rings. The fourth-order valence-electron chi connectivity index (χ4n) is 3.92. The second kappa shape index (κ2) is 10.4. The first-order valence-electron chi connectivity index (χ1n) is 10.6. The Bertz CT molecular complexity index is 1170. The van der Waals surface area contributed by atoms with Gasteiger partial charge in [-0.25, -0.2) is 13.1 Å². The first-order valence-corrected chi connectivity index (χ1v) is 12.1. The molecule has 7 nitrogen and oxygen atoms in total. The molecule has 1 N–H and O–H groups in total. The van der Waals surface area contributed by atoms with E-state index in [2.05, 4.69) is 4.72 Å². The maximum absolute atomic E-state index is 12.7. The highest BCUT2D eigenvalue weighted by molar-refractivity contribution is 7.89. The molecule has 1 aliphatic heterocycles. The molecule has 0 aromatic heterocycles. The highest BCUT2D eigenvalue weighted by Crippen LogP contribution is 2.30. The second-order valence-corrected chi connectivity index (χ2v) is 9.67. The number of piperidine rings is 1. The number of alkyl halides is 3. The van der Waals surface area contributed by atoms with Crippen molar-refractivity contribution in [2.45, 2.75) is 36.3 Å². The third-order valence-corrected chi connectivity index (χ3v) is 7.25. The van der Waals surface area contributed by atoms with Crippen LogP contribution in [-0.2, 0) is 21.2 Å². The normalized spacial score (nSPS) is 15.1. The van der Waals surface area contributed by atoms with E-state index in [0.29, 0.717) is 19.3 Å². The average molecular weight is 496 g/mol. The minimum absolute atomic E-state index is 0.0585.